The predicted molar refractivity (Wildman–Crippen MR) is 115 cm³/mol. The van der Waals surface area contributed by atoms with Crippen molar-refractivity contribution in [1.82, 2.24) is 0 Å². The lowest BCUT2D eigenvalue weighted by atomic mass is 10.0. The van der Waals surface area contributed by atoms with Crippen LogP contribution in [0.15, 0.2) is 35.9 Å². The first-order chi connectivity index (χ1) is 11.8. The van der Waals surface area contributed by atoms with Gasteiger partial charge in [0.25, 0.3) is 0 Å². The van der Waals surface area contributed by atoms with E-state index in [-0.39, 0.29) is 5.04 Å². The van der Waals surface area contributed by atoms with Crippen molar-refractivity contribution in [3.8, 4) is 5.75 Å². The number of alkyl halides is 2. The molecule has 2 rings (SSSR count). The zero-order valence-electron chi connectivity index (χ0n) is 17.1. The first-order valence-corrected chi connectivity index (χ1v) is 12.9. The molecule has 5 heteroatoms. The van der Waals surface area contributed by atoms with Crippen LogP contribution in [-0.4, -0.2) is 25.4 Å². The Morgan fingerprint density at radius 1 is 1.27 bits per heavy atom. The van der Waals surface area contributed by atoms with Crippen molar-refractivity contribution in [2.24, 2.45) is 0 Å². The molecule has 1 saturated carbocycles. The largest absolute Gasteiger partial charge is 0.497 e. The van der Waals surface area contributed by atoms with E-state index in [1.54, 1.807) is 7.11 Å². The predicted octanol–water partition coefficient (Wildman–Crippen LogP) is 6.91. The van der Waals surface area contributed by atoms with E-state index in [9.17, 15) is 0 Å². The topological polar surface area (TPSA) is 18.5 Å². The van der Waals surface area contributed by atoms with Crippen LogP contribution in [0.4, 0.5) is 0 Å². The highest BCUT2D eigenvalue weighted by Crippen LogP contribution is 2.64. The smallest absolute Gasteiger partial charge is 0.193 e. The quantitative estimate of drug-likeness (QED) is 0.274. The van der Waals surface area contributed by atoms with Gasteiger partial charge in [-0.1, -0.05) is 62.2 Å². The van der Waals surface area contributed by atoms with Crippen molar-refractivity contribution in [2.45, 2.75) is 75.0 Å². The minimum Gasteiger partial charge on any atom is -0.497 e. The SMILES string of the molecule is COc1cccc(CC/C=C(\C)[C@]2(O[Si](C)(C)C(C)(C)C)CC2(Cl)Cl)c1. The molecule has 2 nitrogen and oxygen atoms in total. The highest BCUT2D eigenvalue weighted by Gasteiger charge is 2.70. The van der Waals surface area contributed by atoms with E-state index in [0.29, 0.717) is 6.42 Å². The second kappa shape index (κ2) is 7.50. The number of allylic oxidation sites excluding steroid dienone is 1. The Hall–Kier alpha value is -0.483. The number of hydrogen-bond acceptors (Lipinski definition) is 2. The molecule has 0 N–H and O–H groups in total. The second-order valence-electron chi connectivity index (χ2n) is 8.85. The molecule has 0 aromatic heterocycles. The van der Waals surface area contributed by atoms with Gasteiger partial charge in [0.05, 0.1) is 7.11 Å². The molecule has 146 valence electrons. The molecule has 1 aliphatic rings. The summed E-state index contributed by atoms with van der Waals surface area (Å²) in [6.45, 7) is 13.3. The van der Waals surface area contributed by atoms with Crippen molar-refractivity contribution in [3.05, 3.63) is 41.5 Å². The van der Waals surface area contributed by atoms with Gasteiger partial charge in [0.2, 0.25) is 0 Å². The van der Waals surface area contributed by atoms with Crippen LogP contribution < -0.4 is 4.74 Å². The summed E-state index contributed by atoms with van der Waals surface area (Å²) in [5.74, 6) is 0.892. The number of methoxy groups -OCH3 is 1. The Morgan fingerprint density at radius 2 is 1.88 bits per heavy atom. The normalized spacial score (nSPS) is 23.0. The lowest BCUT2D eigenvalue weighted by molar-refractivity contribution is 0.190. The van der Waals surface area contributed by atoms with Crippen LogP contribution in [-0.2, 0) is 10.8 Å². The molecule has 0 spiro atoms. The van der Waals surface area contributed by atoms with Crippen molar-refractivity contribution < 1.29 is 9.16 Å². The molecular formula is C21H32Cl2O2Si. The number of ether oxygens (including phenoxy) is 1. The van der Waals surface area contributed by atoms with E-state index in [4.69, 9.17) is 32.4 Å². The van der Waals surface area contributed by atoms with Crippen LogP contribution in [0.2, 0.25) is 18.1 Å². The van der Waals surface area contributed by atoms with Crippen LogP contribution in [0.3, 0.4) is 0 Å². The van der Waals surface area contributed by atoms with Crippen LogP contribution >= 0.6 is 23.2 Å². The van der Waals surface area contributed by atoms with E-state index < -0.39 is 18.3 Å². The van der Waals surface area contributed by atoms with E-state index in [2.05, 4.69) is 59.0 Å². The van der Waals surface area contributed by atoms with Crippen molar-refractivity contribution in [1.29, 1.82) is 0 Å². The zero-order chi connectivity index (χ0) is 19.8. The zero-order valence-corrected chi connectivity index (χ0v) is 19.6. The van der Waals surface area contributed by atoms with Crippen molar-refractivity contribution >= 4 is 31.5 Å². The summed E-state index contributed by atoms with van der Waals surface area (Å²) in [7, 11) is -0.278. The van der Waals surface area contributed by atoms with Crippen molar-refractivity contribution in [2.75, 3.05) is 7.11 Å². The number of aryl methyl sites for hydroxylation is 1. The minimum atomic E-state index is -1.97. The third-order valence-electron chi connectivity index (χ3n) is 5.83. The molecule has 1 fully saturated rings. The highest BCUT2D eigenvalue weighted by molar-refractivity contribution is 6.74. The number of benzene rings is 1. The Morgan fingerprint density at radius 3 is 2.38 bits per heavy atom. The maximum absolute atomic E-state index is 6.70. The van der Waals surface area contributed by atoms with Crippen LogP contribution in [0.5, 0.6) is 5.75 Å². The van der Waals surface area contributed by atoms with Gasteiger partial charge in [-0.3, -0.25) is 0 Å². The van der Waals surface area contributed by atoms with Gasteiger partial charge < -0.3 is 9.16 Å². The van der Waals surface area contributed by atoms with Gasteiger partial charge in [-0.2, -0.15) is 0 Å². The highest BCUT2D eigenvalue weighted by atomic mass is 35.5. The Balaban J connectivity index is 2.11. The molecule has 0 saturated heterocycles. The molecule has 1 aromatic rings. The second-order valence-corrected chi connectivity index (χ2v) is 15.1. The molecule has 0 bridgehead atoms. The molecule has 0 radical (unpaired) electrons. The lowest BCUT2D eigenvalue weighted by Gasteiger charge is -2.40. The number of halogens is 2. The molecule has 26 heavy (non-hydrogen) atoms. The van der Waals surface area contributed by atoms with E-state index in [0.717, 1.165) is 24.2 Å². The molecule has 1 atom stereocenters. The summed E-state index contributed by atoms with van der Waals surface area (Å²) in [4.78, 5) is 0. The molecule has 0 aliphatic heterocycles. The number of hydrogen-bond donors (Lipinski definition) is 0. The van der Waals surface area contributed by atoms with Gasteiger partial charge in [0.1, 0.15) is 11.4 Å². The monoisotopic (exact) mass is 414 g/mol. The Kier molecular flexibility index (Phi) is 6.29. The van der Waals surface area contributed by atoms with Gasteiger partial charge in [-0.05, 0) is 61.2 Å². The summed E-state index contributed by atoms with van der Waals surface area (Å²) < 4.78 is 11.2. The Labute approximate surface area is 170 Å². The van der Waals surface area contributed by atoms with E-state index >= 15 is 0 Å². The summed E-state index contributed by atoms with van der Waals surface area (Å²) in [5, 5.41) is 0.118. The van der Waals surface area contributed by atoms with E-state index in [1.807, 2.05) is 12.1 Å². The fourth-order valence-corrected chi connectivity index (χ4v) is 5.39. The summed E-state index contributed by atoms with van der Waals surface area (Å²) in [5.41, 5.74) is 1.87. The minimum absolute atomic E-state index is 0.118. The molecule has 0 unspecified atom stereocenters. The average Bonchev–Trinajstić information content (AvgIpc) is 3.07. The van der Waals surface area contributed by atoms with Gasteiger partial charge in [-0.25, -0.2) is 0 Å². The maximum atomic E-state index is 6.70. The van der Waals surface area contributed by atoms with Gasteiger partial charge in [0, 0.05) is 6.42 Å². The third-order valence-corrected chi connectivity index (χ3v) is 11.2. The third kappa shape index (κ3) is 4.49. The van der Waals surface area contributed by atoms with Crippen LogP contribution in [0, 0.1) is 0 Å². The summed E-state index contributed by atoms with van der Waals surface area (Å²) >= 11 is 13.1. The summed E-state index contributed by atoms with van der Waals surface area (Å²) in [6.07, 6.45) is 4.77. The molecule has 0 heterocycles. The molecule has 1 aromatic carbocycles. The van der Waals surface area contributed by atoms with E-state index in [1.165, 1.54) is 5.56 Å². The van der Waals surface area contributed by atoms with Crippen LogP contribution in [0.1, 0.15) is 46.1 Å². The first kappa shape index (κ1) is 21.8. The van der Waals surface area contributed by atoms with Gasteiger partial charge in [0.15, 0.2) is 12.7 Å². The first-order valence-electron chi connectivity index (χ1n) is 9.23. The fraction of sp³-hybridized carbons (Fsp3) is 0.619. The number of rotatable bonds is 7. The molecule has 0 amide bonds. The molecule has 1 aliphatic carbocycles. The lowest BCUT2D eigenvalue weighted by Crippen LogP contribution is -2.46. The van der Waals surface area contributed by atoms with Gasteiger partial charge >= 0.3 is 0 Å². The van der Waals surface area contributed by atoms with Gasteiger partial charge in [-0.15, -0.1) is 0 Å². The standard InChI is InChI=1S/C21H32Cl2O2Si/c1-16(10-8-11-17-12-9-13-18(14-17)24-5)20(15-21(20,22)23)25-26(6,7)19(2,3)4/h9-10,12-14H,8,11,15H2,1-7H3/b16-10+/t20-/m1/s1. The Bertz CT molecular complexity index is 677. The fourth-order valence-electron chi connectivity index (χ4n) is 2.92. The van der Waals surface area contributed by atoms with Crippen molar-refractivity contribution in [3.63, 3.8) is 0 Å². The molecular weight excluding hydrogens is 383 g/mol. The summed E-state index contributed by atoms with van der Waals surface area (Å²) in [6, 6.07) is 8.19. The average molecular weight is 415 g/mol. The van der Waals surface area contributed by atoms with Crippen LogP contribution in [0.25, 0.3) is 0 Å². The maximum Gasteiger partial charge on any atom is 0.193 e.